The zero-order chi connectivity index (χ0) is 26.3. The Labute approximate surface area is 210 Å². The second-order valence-corrected chi connectivity index (χ2v) is 9.74. The molecule has 0 heterocycles. The third kappa shape index (κ3) is 14.2. The van der Waals surface area contributed by atoms with Gasteiger partial charge >= 0.3 is 12.1 Å². The number of hydrogen-bond acceptors (Lipinski definition) is 6. The number of nitrogens with one attached hydrogen (secondary N) is 2. The Morgan fingerprint density at radius 2 is 1.57 bits per heavy atom. The largest absolute Gasteiger partial charge is 0.444 e. The molecule has 4 amide bonds. The minimum absolute atomic E-state index is 0.123. The van der Waals surface area contributed by atoms with Gasteiger partial charge in [0.05, 0.1) is 0 Å². The molecule has 0 saturated heterocycles. The maximum absolute atomic E-state index is 12.0. The Morgan fingerprint density at radius 3 is 2.17 bits per heavy atom. The Bertz CT molecular complexity index is 775. The van der Waals surface area contributed by atoms with Crippen LogP contribution in [0.3, 0.4) is 0 Å². The van der Waals surface area contributed by atoms with Crippen LogP contribution in [0.5, 0.6) is 0 Å². The van der Waals surface area contributed by atoms with Crippen LogP contribution in [0.25, 0.3) is 0 Å². The van der Waals surface area contributed by atoms with E-state index >= 15 is 0 Å². The number of unbranched alkanes of at least 4 members (excludes halogenated alkanes) is 7. The van der Waals surface area contributed by atoms with E-state index < -0.39 is 17.5 Å². The van der Waals surface area contributed by atoms with Crippen molar-refractivity contribution in [2.24, 2.45) is 0 Å². The second kappa shape index (κ2) is 16.0. The van der Waals surface area contributed by atoms with E-state index in [1.54, 1.807) is 0 Å². The Balaban J connectivity index is 2.04. The van der Waals surface area contributed by atoms with E-state index in [1.165, 1.54) is 0 Å². The molecule has 9 nitrogen and oxygen atoms in total. The van der Waals surface area contributed by atoms with Gasteiger partial charge in [0.1, 0.15) is 5.60 Å². The summed E-state index contributed by atoms with van der Waals surface area (Å²) in [6, 6.07) is 6.82. The number of rotatable bonds is 14. The predicted molar refractivity (Wildman–Crippen MR) is 137 cm³/mol. The smallest absolute Gasteiger partial charge is 0.407 e. The molecule has 3 N–H and O–H groups in total. The van der Waals surface area contributed by atoms with Crippen LogP contribution in [0.1, 0.15) is 77.7 Å². The minimum Gasteiger partial charge on any atom is -0.444 e. The van der Waals surface area contributed by atoms with Crippen molar-refractivity contribution in [2.75, 3.05) is 25.5 Å². The lowest BCUT2D eigenvalue weighted by Crippen LogP contribution is -2.41. The zero-order valence-electron chi connectivity index (χ0n) is 21.9. The molecule has 197 valence electrons. The first kappa shape index (κ1) is 30.2. The molecule has 1 rings (SSSR count). The van der Waals surface area contributed by atoms with Gasteiger partial charge in [-0.05, 0) is 57.7 Å². The van der Waals surface area contributed by atoms with Gasteiger partial charge in [-0.15, -0.1) is 5.06 Å². The maximum atomic E-state index is 12.0. The van der Waals surface area contributed by atoms with Crippen molar-refractivity contribution in [3.05, 3.63) is 36.2 Å². The molecule has 0 aliphatic rings. The minimum atomic E-state index is -0.818. The van der Waals surface area contributed by atoms with Crippen molar-refractivity contribution in [3.63, 3.8) is 0 Å². The highest BCUT2D eigenvalue weighted by molar-refractivity contribution is 5.92. The number of imide groups is 1. The van der Waals surface area contributed by atoms with E-state index in [-0.39, 0.29) is 24.1 Å². The van der Waals surface area contributed by atoms with Crippen molar-refractivity contribution >= 4 is 23.7 Å². The average Bonchev–Trinajstić information content (AvgIpc) is 2.79. The highest BCUT2D eigenvalue weighted by atomic mass is 16.6. The highest BCUT2D eigenvalue weighted by Crippen LogP contribution is 2.13. The number of benzene rings is 1. The molecule has 0 aliphatic carbocycles. The molecule has 1 aromatic rings. The summed E-state index contributed by atoms with van der Waals surface area (Å²) in [5, 5.41) is 15.3. The molecule has 1 radical (unpaired) electrons. The fraction of sp³-hybridized carbons (Fsp3) is 0.615. The number of urea groups is 1. The quantitative estimate of drug-likeness (QED) is 0.191. The first-order chi connectivity index (χ1) is 16.5. The molecule has 0 atom stereocenters. The van der Waals surface area contributed by atoms with Gasteiger partial charge in [-0.1, -0.05) is 44.2 Å². The van der Waals surface area contributed by atoms with E-state index in [1.807, 2.05) is 64.0 Å². The van der Waals surface area contributed by atoms with Crippen molar-refractivity contribution in [1.82, 2.24) is 15.7 Å². The van der Waals surface area contributed by atoms with Gasteiger partial charge < -0.3 is 20.3 Å². The van der Waals surface area contributed by atoms with Crippen LogP contribution in [0.2, 0.25) is 0 Å². The van der Waals surface area contributed by atoms with Crippen LogP contribution < -0.4 is 15.5 Å². The lowest BCUT2D eigenvalue weighted by atomic mass is 10.1. The second-order valence-electron chi connectivity index (χ2n) is 9.74. The number of ether oxygens (including phenoxy) is 1. The number of amides is 4. The lowest BCUT2D eigenvalue weighted by molar-refractivity contribution is -0.152. The Kier molecular flexibility index (Phi) is 13.8. The number of carbonyl (C=O) groups excluding carboxylic acids is 3. The topological polar surface area (TPSA) is 111 Å². The lowest BCUT2D eigenvalue weighted by Gasteiger charge is -2.19. The van der Waals surface area contributed by atoms with Crippen molar-refractivity contribution < 1.29 is 24.3 Å². The van der Waals surface area contributed by atoms with Crippen LogP contribution in [-0.4, -0.2) is 54.5 Å². The molecular weight excluding hydrogens is 448 g/mol. The SMILES string of the molecule is CN(C)c1ccc(CNC(=O)N(O)C(=O)CCCCC[CH]CCCCNC(=O)OC(C)(C)C)cc1. The van der Waals surface area contributed by atoms with Crippen molar-refractivity contribution in [2.45, 2.75) is 84.3 Å². The Morgan fingerprint density at radius 1 is 0.943 bits per heavy atom. The highest BCUT2D eigenvalue weighted by Gasteiger charge is 2.18. The molecule has 1 aromatic carbocycles. The first-order valence-corrected chi connectivity index (χ1v) is 12.3. The van der Waals surface area contributed by atoms with Gasteiger partial charge in [-0.2, -0.15) is 0 Å². The van der Waals surface area contributed by atoms with Crippen molar-refractivity contribution in [1.29, 1.82) is 0 Å². The van der Waals surface area contributed by atoms with E-state index in [0.717, 1.165) is 49.8 Å². The molecule has 0 saturated carbocycles. The van der Waals surface area contributed by atoms with E-state index in [2.05, 4.69) is 17.1 Å². The van der Waals surface area contributed by atoms with Crippen molar-refractivity contribution in [3.8, 4) is 0 Å². The zero-order valence-corrected chi connectivity index (χ0v) is 21.9. The molecule has 0 bridgehead atoms. The third-order valence-corrected chi connectivity index (χ3v) is 5.13. The summed E-state index contributed by atoms with van der Waals surface area (Å²) in [5.74, 6) is -0.605. The monoisotopic (exact) mass is 491 g/mol. The fourth-order valence-corrected chi connectivity index (χ4v) is 3.19. The summed E-state index contributed by atoms with van der Waals surface area (Å²) >= 11 is 0. The van der Waals surface area contributed by atoms with Crippen LogP contribution >= 0.6 is 0 Å². The average molecular weight is 492 g/mol. The first-order valence-electron chi connectivity index (χ1n) is 12.3. The summed E-state index contributed by atoms with van der Waals surface area (Å²) in [7, 11) is 3.89. The van der Waals surface area contributed by atoms with Crippen LogP contribution in [0.4, 0.5) is 15.3 Å². The Hall–Kier alpha value is -2.81. The van der Waals surface area contributed by atoms with E-state index in [9.17, 15) is 19.6 Å². The molecular formula is C26H43N4O5. The molecule has 0 aliphatic heterocycles. The summed E-state index contributed by atoms with van der Waals surface area (Å²) < 4.78 is 5.18. The molecule has 0 unspecified atom stereocenters. The normalized spacial score (nSPS) is 11.0. The van der Waals surface area contributed by atoms with Crippen LogP contribution in [0.15, 0.2) is 24.3 Å². The number of anilines is 1. The number of carbonyl (C=O) groups is 3. The van der Waals surface area contributed by atoms with Gasteiger partial charge in [-0.3, -0.25) is 10.0 Å². The predicted octanol–water partition coefficient (Wildman–Crippen LogP) is 5.03. The standard InChI is InChI=1S/C26H43N4O5/c1-26(2,3)35-25(33)27-19-13-11-9-7-6-8-10-12-14-23(31)30(34)24(32)28-20-21-15-17-22(18-16-21)29(4)5/h7,15-18,34H,6,8-14,19-20H2,1-5H3,(H,27,33)(H,28,32). The van der Waals surface area contributed by atoms with E-state index in [4.69, 9.17) is 4.74 Å². The summed E-state index contributed by atoms with van der Waals surface area (Å²) in [6.07, 6.45) is 8.15. The van der Waals surface area contributed by atoms with Gasteiger partial charge in [0, 0.05) is 39.3 Å². The van der Waals surface area contributed by atoms with Crippen LogP contribution in [-0.2, 0) is 16.1 Å². The van der Waals surface area contributed by atoms with Gasteiger partial charge in [0.15, 0.2) is 0 Å². The molecule has 0 aromatic heterocycles. The number of hydroxylamine groups is 2. The summed E-state index contributed by atoms with van der Waals surface area (Å²) in [6.45, 7) is 6.33. The van der Waals surface area contributed by atoms with Gasteiger partial charge in [0.25, 0.3) is 5.91 Å². The number of alkyl carbamates (subject to hydrolysis) is 1. The molecule has 0 spiro atoms. The van der Waals surface area contributed by atoms with Gasteiger partial charge in [-0.25, -0.2) is 9.59 Å². The fourth-order valence-electron chi connectivity index (χ4n) is 3.19. The summed E-state index contributed by atoms with van der Waals surface area (Å²) in [4.78, 5) is 37.6. The number of nitrogens with zero attached hydrogens (tertiary/aromatic N) is 2. The third-order valence-electron chi connectivity index (χ3n) is 5.13. The molecule has 9 heteroatoms. The van der Waals surface area contributed by atoms with Gasteiger partial charge in [0.2, 0.25) is 0 Å². The summed E-state index contributed by atoms with van der Waals surface area (Å²) in [5.41, 5.74) is 1.44. The number of hydrogen-bond donors (Lipinski definition) is 3. The maximum Gasteiger partial charge on any atom is 0.407 e. The molecule has 0 fully saturated rings. The van der Waals surface area contributed by atoms with Crippen LogP contribution in [0, 0.1) is 6.42 Å². The molecule has 35 heavy (non-hydrogen) atoms. The van der Waals surface area contributed by atoms with E-state index in [0.29, 0.717) is 13.0 Å².